The number of rotatable bonds is 7. The molecule has 2 N–H and O–H groups in total. The lowest BCUT2D eigenvalue weighted by atomic mass is 10.1. The molecule has 0 radical (unpaired) electrons. The van der Waals surface area contributed by atoms with E-state index in [-0.39, 0.29) is 0 Å². The van der Waals surface area contributed by atoms with Crippen molar-refractivity contribution in [3.05, 3.63) is 95.6 Å². The molecule has 0 aliphatic heterocycles. The molecule has 0 fully saturated rings. The van der Waals surface area contributed by atoms with Gasteiger partial charge in [-0.2, -0.15) is 5.10 Å². The fourth-order valence-corrected chi connectivity index (χ4v) is 2.65. The van der Waals surface area contributed by atoms with Gasteiger partial charge < -0.3 is 10.1 Å². The molecule has 0 unspecified atom stereocenters. The standard InChI is InChI=1S/C24H23N3O3/c1-2-18-11-13-21(14-12-18)26-23(28)24(29)27-25-16-20-9-6-10-22(15-20)30-17-19-7-4-3-5-8-19/h3-16H,2,17H2,1H3,(H,26,28)(H,27,29). The third-order valence-electron chi connectivity index (χ3n) is 4.31. The average Bonchev–Trinajstić information content (AvgIpc) is 2.79. The van der Waals surface area contributed by atoms with Crippen molar-refractivity contribution >= 4 is 23.7 Å². The second-order valence-electron chi connectivity index (χ2n) is 6.55. The van der Waals surface area contributed by atoms with Crippen molar-refractivity contribution in [1.29, 1.82) is 0 Å². The molecule has 152 valence electrons. The molecule has 0 spiro atoms. The Hall–Kier alpha value is -3.93. The molecule has 30 heavy (non-hydrogen) atoms. The van der Waals surface area contributed by atoms with Crippen molar-refractivity contribution in [2.24, 2.45) is 5.10 Å². The Morgan fingerprint density at radius 1 is 0.900 bits per heavy atom. The molecule has 3 aromatic rings. The molecule has 6 heteroatoms. The molecule has 3 rings (SSSR count). The minimum Gasteiger partial charge on any atom is -0.489 e. The summed E-state index contributed by atoms with van der Waals surface area (Å²) < 4.78 is 5.77. The molecule has 0 bridgehead atoms. The molecule has 0 saturated carbocycles. The molecule has 0 atom stereocenters. The summed E-state index contributed by atoms with van der Waals surface area (Å²) in [4.78, 5) is 23.9. The van der Waals surface area contributed by atoms with Crippen molar-refractivity contribution in [2.75, 3.05) is 5.32 Å². The van der Waals surface area contributed by atoms with E-state index < -0.39 is 11.8 Å². The summed E-state index contributed by atoms with van der Waals surface area (Å²) in [6, 6.07) is 24.5. The van der Waals surface area contributed by atoms with Gasteiger partial charge in [-0.1, -0.05) is 61.5 Å². The number of carbonyl (C=O) groups excluding carboxylic acids is 2. The summed E-state index contributed by atoms with van der Waals surface area (Å²) in [5.74, 6) is -0.943. The maximum atomic E-state index is 12.0. The first-order valence-corrected chi connectivity index (χ1v) is 9.64. The normalized spacial score (nSPS) is 10.6. The van der Waals surface area contributed by atoms with Gasteiger partial charge >= 0.3 is 11.8 Å². The zero-order valence-corrected chi connectivity index (χ0v) is 16.7. The SMILES string of the molecule is CCc1ccc(NC(=O)C(=O)NN=Cc2cccc(OCc3ccccc3)c2)cc1. The third kappa shape index (κ3) is 6.31. The third-order valence-corrected chi connectivity index (χ3v) is 4.31. The molecule has 0 saturated heterocycles. The van der Waals surface area contributed by atoms with Crippen molar-refractivity contribution < 1.29 is 14.3 Å². The highest BCUT2D eigenvalue weighted by molar-refractivity contribution is 6.39. The Bertz CT molecular complexity index is 1020. The van der Waals surface area contributed by atoms with Gasteiger partial charge in [-0.05, 0) is 47.4 Å². The molecule has 3 aromatic carbocycles. The van der Waals surface area contributed by atoms with E-state index in [1.54, 1.807) is 18.2 Å². The number of hydrogen-bond donors (Lipinski definition) is 2. The Balaban J connectivity index is 1.50. The highest BCUT2D eigenvalue weighted by Gasteiger charge is 2.12. The van der Waals surface area contributed by atoms with E-state index in [0.717, 1.165) is 23.1 Å². The van der Waals surface area contributed by atoms with Crippen LogP contribution in [0.3, 0.4) is 0 Å². The van der Waals surface area contributed by atoms with Crippen LogP contribution < -0.4 is 15.5 Å². The molecule has 0 aliphatic rings. The van der Waals surface area contributed by atoms with Crippen molar-refractivity contribution in [3.8, 4) is 5.75 Å². The van der Waals surface area contributed by atoms with E-state index in [1.807, 2.05) is 67.6 Å². The van der Waals surface area contributed by atoms with Crippen molar-refractivity contribution in [1.82, 2.24) is 5.43 Å². The molecule has 0 aliphatic carbocycles. The quantitative estimate of drug-likeness (QED) is 0.358. The van der Waals surface area contributed by atoms with E-state index in [4.69, 9.17) is 4.74 Å². The van der Waals surface area contributed by atoms with Gasteiger partial charge in [0.2, 0.25) is 0 Å². The molecule has 6 nitrogen and oxygen atoms in total. The minimum atomic E-state index is -0.845. The second-order valence-corrected chi connectivity index (χ2v) is 6.55. The maximum Gasteiger partial charge on any atom is 0.329 e. The highest BCUT2D eigenvalue weighted by Crippen LogP contribution is 2.14. The van der Waals surface area contributed by atoms with Crippen LogP contribution in [0.15, 0.2) is 84.0 Å². The van der Waals surface area contributed by atoms with Crippen LogP contribution in [0.1, 0.15) is 23.6 Å². The fourth-order valence-electron chi connectivity index (χ4n) is 2.65. The van der Waals surface area contributed by atoms with Gasteiger partial charge in [0.05, 0.1) is 6.21 Å². The molecule has 0 heterocycles. The summed E-state index contributed by atoms with van der Waals surface area (Å²) in [6.45, 7) is 2.50. The summed E-state index contributed by atoms with van der Waals surface area (Å²) in [6.07, 6.45) is 2.36. The lowest BCUT2D eigenvalue weighted by Gasteiger charge is -2.07. The van der Waals surface area contributed by atoms with Gasteiger partial charge in [0.15, 0.2) is 0 Å². The number of nitrogens with one attached hydrogen (secondary N) is 2. The molecular formula is C24H23N3O3. The van der Waals surface area contributed by atoms with Crippen LogP contribution in [-0.4, -0.2) is 18.0 Å². The van der Waals surface area contributed by atoms with Gasteiger partial charge in [0.1, 0.15) is 12.4 Å². The summed E-state index contributed by atoms with van der Waals surface area (Å²) in [5, 5.41) is 6.39. The Morgan fingerprint density at radius 3 is 2.40 bits per heavy atom. The number of hydrazone groups is 1. The number of amides is 2. The van der Waals surface area contributed by atoms with Crippen LogP contribution in [0.2, 0.25) is 0 Å². The van der Waals surface area contributed by atoms with Crippen molar-refractivity contribution in [3.63, 3.8) is 0 Å². The van der Waals surface area contributed by atoms with Crippen LogP contribution in [-0.2, 0) is 22.6 Å². The Kier molecular flexibility index (Phi) is 7.33. The number of nitrogens with zero attached hydrogens (tertiary/aromatic N) is 1. The largest absolute Gasteiger partial charge is 0.489 e. The first-order valence-electron chi connectivity index (χ1n) is 9.64. The maximum absolute atomic E-state index is 12.0. The number of anilines is 1. The summed E-state index contributed by atoms with van der Waals surface area (Å²) in [7, 11) is 0. The van der Waals surface area contributed by atoms with E-state index in [9.17, 15) is 9.59 Å². The average molecular weight is 401 g/mol. The van der Waals surface area contributed by atoms with Crippen molar-refractivity contribution in [2.45, 2.75) is 20.0 Å². The second kappa shape index (κ2) is 10.6. The van der Waals surface area contributed by atoms with Gasteiger partial charge in [-0.3, -0.25) is 9.59 Å². The van der Waals surface area contributed by atoms with Gasteiger partial charge in [-0.15, -0.1) is 0 Å². The molecule has 2 amide bonds. The number of benzene rings is 3. The van der Waals surface area contributed by atoms with Crippen LogP contribution in [0.5, 0.6) is 5.75 Å². The number of hydrogen-bond acceptors (Lipinski definition) is 4. The van der Waals surface area contributed by atoms with Crippen LogP contribution in [0, 0.1) is 0 Å². The molecular weight excluding hydrogens is 378 g/mol. The zero-order valence-electron chi connectivity index (χ0n) is 16.7. The van der Waals surface area contributed by atoms with Crippen LogP contribution in [0.25, 0.3) is 0 Å². The van der Waals surface area contributed by atoms with Gasteiger partial charge in [0, 0.05) is 5.69 Å². The van der Waals surface area contributed by atoms with Gasteiger partial charge in [-0.25, -0.2) is 5.43 Å². The predicted molar refractivity (Wildman–Crippen MR) is 117 cm³/mol. The smallest absolute Gasteiger partial charge is 0.329 e. The molecule has 0 aromatic heterocycles. The number of ether oxygens (including phenoxy) is 1. The number of aryl methyl sites for hydroxylation is 1. The monoisotopic (exact) mass is 401 g/mol. The van der Waals surface area contributed by atoms with E-state index in [0.29, 0.717) is 18.0 Å². The van der Waals surface area contributed by atoms with E-state index in [2.05, 4.69) is 15.8 Å². The summed E-state index contributed by atoms with van der Waals surface area (Å²) in [5.41, 5.74) is 5.74. The minimum absolute atomic E-state index is 0.456. The predicted octanol–water partition coefficient (Wildman–Crippen LogP) is 3.92. The fraction of sp³-hybridized carbons (Fsp3) is 0.125. The van der Waals surface area contributed by atoms with Crippen LogP contribution in [0.4, 0.5) is 5.69 Å². The Labute approximate surface area is 175 Å². The van der Waals surface area contributed by atoms with E-state index >= 15 is 0 Å². The lowest BCUT2D eigenvalue weighted by molar-refractivity contribution is -0.136. The lowest BCUT2D eigenvalue weighted by Crippen LogP contribution is -2.32. The summed E-state index contributed by atoms with van der Waals surface area (Å²) >= 11 is 0. The first kappa shape index (κ1) is 20.8. The van der Waals surface area contributed by atoms with E-state index in [1.165, 1.54) is 6.21 Å². The highest BCUT2D eigenvalue weighted by atomic mass is 16.5. The van der Waals surface area contributed by atoms with Gasteiger partial charge in [0.25, 0.3) is 0 Å². The van der Waals surface area contributed by atoms with Crippen LogP contribution >= 0.6 is 0 Å². The zero-order chi connectivity index (χ0) is 21.2. The number of carbonyl (C=O) groups is 2. The Morgan fingerprint density at radius 2 is 1.67 bits per heavy atom. The first-order chi connectivity index (χ1) is 14.6. The topological polar surface area (TPSA) is 79.8 Å².